The third-order valence-electron chi connectivity index (χ3n) is 7.21. The molecule has 194 valence electrons. The van der Waals surface area contributed by atoms with E-state index in [0.29, 0.717) is 12.8 Å². The molecule has 0 N–H and O–H groups in total. The smallest absolute Gasteiger partial charge is 0.409 e. The summed E-state index contributed by atoms with van der Waals surface area (Å²) in [5, 5.41) is 0. The van der Waals surface area contributed by atoms with Gasteiger partial charge in [0.05, 0.1) is 20.8 Å². The van der Waals surface area contributed by atoms with E-state index in [9.17, 15) is 13.2 Å². The number of carbonyl (C=O) groups excluding carboxylic acids is 1. The Bertz CT molecular complexity index is 1530. The second-order valence-corrected chi connectivity index (χ2v) is 11.8. The molecule has 6 nitrogen and oxygen atoms in total. The van der Waals surface area contributed by atoms with Gasteiger partial charge in [-0.1, -0.05) is 60.7 Å². The van der Waals surface area contributed by atoms with Crippen LogP contribution in [-0.4, -0.2) is 44.7 Å². The summed E-state index contributed by atoms with van der Waals surface area (Å²) < 4.78 is 73.3. The van der Waals surface area contributed by atoms with E-state index in [1.165, 1.54) is 4.90 Å². The lowest BCUT2D eigenvalue weighted by Gasteiger charge is -2.44. The Hall–Kier alpha value is -3.32. The van der Waals surface area contributed by atoms with Crippen LogP contribution in [0.5, 0.6) is 5.75 Å². The molecule has 0 aliphatic carbocycles. The number of amides is 1. The van der Waals surface area contributed by atoms with Gasteiger partial charge in [0.2, 0.25) is 0 Å². The summed E-state index contributed by atoms with van der Waals surface area (Å²) in [7, 11) is -3.30. The highest BCUT2D eigenvalue weighted by molar-refractivity contribution is 7.89. The Balaban J connectivity index is 1.19. The molecule has 3 aromatic rings. The number of piperidine rings is 1. The van der Waals surface area contributed by atoms with Gasteiger partial charge in [-0.2, -0.15) is 0 Å². The van der Waals surface area contributed by atoms with Crippen LogP contribution in [0.25, 0.3) is 11.1 Å². The lowest BCUT2D eigenvalue weighted by molar-refractivity contribution is -0.0138. The first kappa shape index (κ1) is 19.7. The highest BCUT2D eigenvalue weighted by Crippen LogP contribution is 2.41. The third-order valence-corrected chi connectivity index (χ3v) is 8.76. The van der Waals surface area contributed by atoms with Crippen molar-refractivity contribution in [3.8, 4) is 16.9 Å². The fourth-order valence-corrected chi connectivity index (χ4v) is 6.69. The van der Waals surface area contributed by atoms with Crippen molar-refractivity contribution >= 4 is 15.9 Å². The Morgan fingerprint density at radius 1 is 0.973 bits per heavy atom. The summed E-state index contributed by atoms with van der Waals surface area (Å²) >= 11 is 0. The van der Waals surface area contributed by atoms with Crippen molar-refractivity contribution in [2.45, 2.75) is 49.6 Å². The second-order valence-electron chi connectivity index (χ2n) is 9.78. The van der Waals surface area contributed by atoms with E-state index in [1.54, 1.807) is 0 Å². The molecule has 0 saturated carbocycles. The van der Waals surface area contributed by atoms with Gasteiger partial charge in [0, 0.05) is 30.0 Å². The van der Waals surface area contributed by atoms with Gasteiger partial charge in [-0.15, -0.1) is 0 Å². The number of carbonyl (C=O) groups is 1. The normalized spacial score (nSPS) is 19.4. The molecule has 7 heteroatoms. The van der Waals surface area contributed by atoms with Gasteiger partial charge in [0.1, 0.15) is 11.4 Å². The van der Waals surface area contributed by atoms with Crippen molar-refractivity contribution in [1.29, 1.82) is 0 Å². The first-order valence-electron chi connectivity index (χ1n) is 14.9. The lowest BCUT2D eigenvalue weighted by atomic mass is 9.82. The molecular weight excluding hydrogens is 486 g/mol. The Kier molecular flexibility index (Phi) is 5.65. The molecule has 1 amide bonds. The van der Waals surface area contributed by atoms with Crippen LogP contribution >= 0.6 is 0 Å². The number of hydrogen-bond acceptors (Lipinski definition) is 5. The predicted octanol–water partition coefficient (Wildman–Crippen LogP) is 5.78. The maximum Gasteiger partial charge on any atom is 0.409 e. The number of fused-ring (bicyclic) bond motifs is 1. The summed E-state index contributed by atoms with van der Waals surface area (Å²) in [6.07, 6.45) is 1.60. The average molecular weight is 525 g/mol. The summed E-state index contributed by atoms with van der Waals surface area (Å²) in [6, 6.07) is 22.7. The van der Waals surface area contributed by atoms with Crippen molar-refractivity contribution in [1.82, 2.24) is 4.90 Å². The molecule has 5 rings (SSSR count). The number of rotatable bonds is 6. The Labute approximate surface area is 226 Å². The number of hydrogen-bond donors (Lipinski definition) is 0. The Morgan fingerprint density at radius 2 is 1.65 bits per heavy atom. The first-order valence-corrected chi connectivity index (χ1v) is 14.2. The molecule has 3 aromatic carbocycles. The largest absolute Gasteiger partial charge is 0.487 e. The average Bonchev–Trinajstić information content (AvgIpc) is 2.93. The molecule has 0 unspecified atom stereocenters. The maximum absolute atomic E-state index is 12.7. The van der Waals surface area contributed by atoms with Crippen molar-refractivity contribution in [3.05, 3.63) is 89.5 Å². The zero-order chi connectivity index (χ0) is 30.2. The van der Waals surface area contributed by atoms with Gasteiger partial charge in [0.15, 0.2) is 9.84 Å². The van der Waals surface area contributed by atoms with Gasteiger partial charge < -0.3 is 14.4 Å². The quantitative estimate of drug-likeness (QED) is 0.408. The topological polar surface area (TPSA) is 72.9 Å². The summed E-state index contributed by atoms with van der Waals surface area (Å²) in [5.74, 6) is 0.763. The van der Waals surface area contributed by atoms with E-state index < -0.39 is 34.9 Å². The van der Waals surface area contributed by atoms with Gasteiger partial charge in [0.25, 0.3) is 0 Å². The lowest BCUT2D eigenvalue weighted by Crippen LogP contribution is -2.51. The number of ether oxygens (including phenoxy) is 2. The van der Waals surface area contributed by atoms with Crippen LogP contribution in [0.3, 0.4) is 0 Å². The van der Waals surface area contributed by atoms with E-state index in [4.69, 9.17) is 11.6 Å². The SMILES string of the molecule is [2H]C([2H])([2H])C([2H])([2H])OC(=O)N1CCC2(CCc3cc(-c4ccc(CS(=O)(=O)Cc5ccccc5)cc4)ccc3O2)CC1. The minimum atomic E-state index is -3.30. The molecule has 1 spiro atoms. The van der Waals surface area contributed by atoms with Crippen molar-refractivity contribution in [2.75, 3.05) is 19.6 Å². The minimum Gasteiger partial charge on any atom is -0.487 e. The van der Waals surface area contributed by atoms with E-state index >= 15 is 0 Å². The predicted molar refractivity (Wildman–Crippen MR) is 144 cm³/mol. The van der Waals surface area contributed by atoms with Crippen molar-refractivity contribution in [3.63, 3.8) is 0 Å². The van der Waals surface area contributed by atoms with Gasteiger partial charge in [-0.3, -0.25) is 0 Å². The Morgan fingerprint density at radius 3 is 2.35 bits per heavy atom. The molecule has 0 bridgehead atoms. The summed E-state index contributed by atoms with van der Waals surface area (Å²) in [6.45, 7) is -5.58. The summed E-state index contributed by atoms with van der Waals surface area (Å²) in [5.41, 5.74) is 4.11. The molecule has 2 aliphatic heterocycles. The van der Waals surface area contributed by atoms with Gasteiger partial charge in [-0.05, 0) is 59.6 Å². The van der Waals surface area contributed by atoms with E-state index in [1.807, 2.05) is 66.7 Å². The fraction of sp³-hybridized carbons (Fsp3) is 0.367. The molecule has 1 saturated heterocycles. The van der Waals surface area contributed by atoms with E-state index in [2.05, 4.69) is 10.8 Å². The van der Waals surface area contributed by atoms with Crippen LogP contribution in [0, 0.1) is 0 Å². The van der Waals surface area contributed by atoms with Crippen LogP contribution in [0.2, 0.25) is 0 Å². The maximum atomic E-state index is 12.7. The molecule has 0 aromatic heterocycles. The fourth-order valence-electron chi connectivity index (χ4n) is 5.18. The van der Waals surface area contributed by atoms with Gasteiger partial charge >= 0.3 is 6.09 Å². The molecule has 1 fully saturated rings. The van der Waals surface area contributed by atoms with Crippen LogP contribution in [0.1, 0.15) is 49.7 Å². The number of aryl methyl sites for hydroxylation is 1. The van der Waals surface area contributed by atoms with E-state index in [0.717, 1.165) is 46.4 Å². The zero-order valence-corrected chi connectivity index (χ0v) is 21.3. The second kappa shape index (κ2) is 10.6. The standard InChI is InChI=1S/C30H33NO5S/c1-2-35-29(32)31-18-16-30(17-19-31)15-14-27-20-26(12-13-28(27)36-30)25-10-8-24(9-11-25)22-37(33,34)21-23-6-4-3-5-7-23/h3-13,20H,2,14-19,21-22H2,1H3/i1D3,2D2. The zero-order valence-electron chi connectivity index (χ0n) is 25.5. The summed E-state index contributed by atoms with van der Waals surface area (Å²) in [4.78, 5) is 13.7. The van der Waals surface area contributed by atoms with Gasteiger partial charge in [-0.25, -0.2) is 13.2 Å². The van der Waals surface area contributed by atoms with E-state index in [-0.39, 0.29) is 24.6 Å². The van der Waals surface area contributed by atoms with Crippen LogP contribution in [0.4, 0.5) is 4.79 Å². The number of nitrogens with zero attached hydrogens (tertiary/aromatic N) is 1. The highest BCUT2D eigenvalue weighted by atomic mass is 32.2. The molecule has 37 heavy (non-hydrogen) atoms. The monoisotopic (exact) mass is 524 g/mol. The van der Waals surface area contributed by atoms with Crippen LogP contribution < -0.4 is 4.74 Å². The molecular formula is C30H33NO5S. The number of sulfone groups is 1. The first-order chi connectivity index (χ1) is 19.7. The number of likely N-dealkylation sites (tertiary alicyclic amines) is 1. The minimum absolute atomic E-state index is 0.00566. The molecule has 0 radical (unpaired) electrons. The van der Waals surface area contributed by atoms with Crippen molar-refractivity contribution in [2.24, 2.45) is 0 Å². The third kappa shape index (κ3) is 5.99. The molecule has 2 heterocycles. The van der Waals surface area contributed by atoms with Crippen LogP contribution in [-0.2, 0) is 32.5 Å². The van der Waals surface area contributed by atoms with Crippen LogP contribution in [0.15, 0.2) is 72.8 Å². The van der Waals surface area contributed by atoms with Crippen molar-refractivity contribution < 1.29 is 29.5 Å². The number of benzene rings is 3. The molecule has 2 aliphatic rings. The highest BCUT2D eigenvalue weighted by Gasteiger charge is 2.40. The molecule has 0 atom stereocenters.